The first kappa shape index (κ1) is 17.6. The van der Waals surface area contributed by atoms with Crippen molar-refractivity contribution in [1.29, 1.82) is 0 Å². The van der Waals surface area contributed by atoms with E-state index in [0.717, 1.165) is 23.4 Å². The van der Waals surface area contributed by atoms with Crippen LogP contribution in [0.15, 0.2) is 48.7 Å². The van der Waals surface area contributed by atoms with E-state index in [1.165, 1.54) is 12.1 Å². The third-order valence-corrected chi connectivity index (χ3v) is 5.25. The predicted octanol–water partition coefficient (Wildman–Crippen LogP) is 3.69. The van der Waals surface area contributed by atoms with Gasteiger partial charge < -0.3 is 10.2 Å². The van der Waals surface area contributed by atoms with Crippen molar-refractivity contribution in [3.63, 3.8) is 0 Å². The molecular formula is C20H18F3N3O. The molecule has 3 unspecified atom stereocenters. The summed E-state index contributed by atoms with van der Waals surface area (Å²) in [7, 11) is 0. The lowest BCUT2D eigenvalue weighted by Gasteiger charge is -2.56. The van der Waals surface area contributed by atoms with Crippen molar-refractivity contribution in [1.82, 2.24) is 15.2 Å². The minimum atomic E-state index is -4.49. The number of fused-ring (bicyclic) bond motifs is 1. The molecule has 0 bridgehead atoms. The number of nitrogens with zero attached hydrogens (tertiary/aromatic N) is 2. The van der Waals surface area contributed by atoms with Gasteiger partial charge in [-0.1, -0.05) is 29.8 Å². The summed E-state index contributed by atoms with van der Waals surface area (Å²) in [5, 5.41) is 3.30. The van der Waals surface area contributed by atoms with Crippen LogP contribution < -0.4 is 5.32 Å². The monoisotopic (exact) mass is 373 g/mol. The number of aromatic nitrogens is 1. The van der Waals surface area contributed by atoms with E-state index < -0.39 is 11.9 Å². The topological polar surface area (TPSA) is 45.2 Å². The number of nitrogens with one attached hydrogen (secondary N) is 1. The van der Waals surface area contributed by atoms with E-state index in [1.807, 2.05) is 26.0 Å². The Balaban J connectivity index is 1.60. The minimum Gasteiger partial charge on any atom is -0.364 e. The molecule has 4 rings (SSSR count). The van der Waals surface area contributed by atoms with Gasteiger partial charge in [-0.25, -0.2) is 0 Å². The minimum absolute atomic E-state index is 0.0428. The van der Waals surface area contributed by atoms with Gasteiger partial charge in [-0.05, 0) is 31.5 Å². The zero-order valence-corrected chi connectivity index (χ0v) is 14.8. The first-order valence-electron chi connectivity index (χ1n) is 8.66. The first-order valence-corrected chi connectivity index (χ1v) is 8.66. The average Bonchev–Trinajstić information content (AvgIpc) is 2.62. The van der Waals surface area contributed by atoms with E-state index in [0.29, 0.717) is 11.3 Å². The maximum absolute atomic E-state index is 12.7. The molecule has 1 amide bonds. The maximum atomic E-state index is 12.7. The Morgan fingerprint density at radius 2 is 1.81 bits per heavy atom. The predicted molar refractivity (Wildman–Crippen MR) is 94.4 cm³/mol. The van der Waals surface area contributed by atoms with Crippen LogP contribution in [0.4, 0.5) is 13.2 Å². The molecule has 1 aromatic carbocycles. The van der Waals surface area contributed by atoms with Gasteiger partial charge in [0.2, 0.25) is 0 Å². The number of halogens is 3. The number of carbonyl (C=O) groups is 1. The van der Waals surface area contributed by atoms with E-state index in [1.54, 1.807) is 4.90 Å². The summed E-state index contributed by atoms with van der Waals surface area (Å²) in [5.41, 5.74) is 2.28. The first-order chi connectivity index (χ1) is 12.8. The van der Waals surface area contributed by atoms with Crippen LogP contribution in [0.1, 0.15) is 35.2 Å². The van der Waals surface area contributed by atoms with Gasteiger partial charge in [-0.15, -0.1) is 0 Å². The van der Waals surface area contributed by atoms with Crippen molar-refractivity contribution >= 4 is 11.6 Å². The number of pyridine rings is 1. The molecule has 0 saturated carbocycles. The van der Waals surface area contributed by atoms with Crippen molar-refractivity contribution in [2.45, 2.75) is 38.1 Å². The highest BCUT2D eigenvalue weighted by molar-refractivity contribution is 5.98. The van der Waals surface area contributed by atoms with Crippen LogP contribution in [-0.4, -0.2) is 28.0 Å². The van der Waals surface area contributed by atoms with Crippen molar-refractivity contribution in [3.05, 3.63) is 71.1 Å². The van der Waals surface area contributed by atoms with Crippen molar-refractivity contribution in [2.24, 2.45) is 0 Å². The van der Waals surface area contributed by atoms with Gasteiger partial charge in [0.25, 0.3) is 5.91 Å². The fourth-order valence-corrected chi connectivity index (χ4v) is 3.79. The van der Waals surface area contributed by atoms with Crippen LogP contribution in [0.25, 0.3) is 5.70 Å². The molecule has 3 atom stereocenters. The van der Waals surface area contributed by atoms with Gasteiger partial charge in [-0.2, -0.15) is 13.2 Å². The molecule has 3 heterocycles. The summed E-state index contributed by atoms with van der Waals surface area (Å²) in [6, 6.07) is 10.5. The standard InChI is InChI=1S/C20H18F3N3O/c1-11-3-5-13(6-4-11)18-12(2)26-17(27)9-15(25-19(18)26)14-7-8-16(24-10-14)20(21,22)23/h3-10,12,18-19,25H,1-2H3. The average molecular weight is 373 g/mol. The molecule has 0 radical (unpaired) electrons. The van der Waals surface area contributed by atoms with Crippen molar-refractivity contribution < 1.29 is 18.0 Å². The van der Waals surface area contributed by atoms with E-state index >= 15 is 0 Å². The van der Waals surface area contributed by atoms with Gasteiger partial charge in [0.1, 0.15) is 11.9 Å². The molecule has 1 saturated heterocycles. The Labute approximate surface area is 154 Å². The number of hydrogen-bond acceptors (Lipinski definition) is 3. The number of amides is 1. The van der Waals surface area contributed by atoms with Gasteiger partial charge in [-0.3, -0.25) is 9.78 Å². The third-order valence-electron chi connectivity index (χ3n) is 5.25. The lowest BCUT2D eigenvalue weighted by atomic mass is 9.78. The molecule has 140 valence electrons. The summed E-state index contributed by atoms with van der Waals surface area (Å²) in [4.78, 5) is 17.8. The number of rotatable bonds is 2. The van der Waals surface area contributed by atoms with Crippen LogP contribution >= 0.6 is 0 Å². The molecule has 1 aromatic heterocycles. The molecule has 1 N–H and O–H groups in total. The summed E-state index contributed by atoms with van der Waals surface area (Å²) in [6.07, 6.45) is -2.15. The smallest absolute Gasteiger partial charge is 0.364 e. The lowest BCUT2D eigenvalue weighted by Crippen LogP contribution is -2.69. The number of carbonyl (C=O) groups excluding carboxylic acids is 1. The fourth-order valence-electron chi connectivity index (χ4n) is 3.79. The molecule has 2 aliphatic heterocycles. The van der Waals surface area contributed by atoms with E-state index in [-0.39, 0.29) is 24.0 Å². The second kappa shape index (κ2) is 6.11. The molecule has 27 heavy (non-hydrogen) atoms. The van der Waals surface area contributed by atoms with E-state index in [9.17, 15) is 18.0 Å². The van der Waals surface area contributed by atoms with Gasteiger partial charge in [0, 0.05) is 29.8 Å². The number of benzene rings is 1. The van der Waals surface area contributed by atoms with Crippen LogP contribution in [0.5, 0.6) is 0 Å². The maximum Gasteiger partial charge on any atom is 0.433 e. The Bertz CT molecular complexity index is 904. The quantitative estimate of drug-likeness (QED) is 0.873. The molecule has 1 fully saturated rings. The summed E-state index contributed by atoms with van der Waals surface area (Å²) < 4.78 is 38.1. The summed E-state index contributed by atoms with van der Waals surface area (Å²) in [5.74, 6) is -0.0369. The number of hydrogen-bond donors (Lipinski definition) is 1. The van der Waals surface area contributed by atoms with Gasteiger partial charge in [0.15, 0.2) is 0 Å². The SMILES string of the molecule is Cc1ccc(C2C(C)N3C(=O)C=C(c4ccc(C(F)(F)F)nc4)NC23)cc1. The highest BCUT2D eigenvalue weighted by Gasteiger charge is 2.50. The second-order valence-corrected chi connectivity index (χ2v) is 7.00. The number of alkyl halides is 3. The molecule has 2 aromatic rings. The van der Waals surface area contributed by atoms with E-state index in [2.05, 4.69) is 22.4 Å². The van der Waals surface area contributed by atoms with Crippen LogP contribution in [0.3, 0.4) is 0 Å². The Morgan fingerprint density at radius 3 is 2.41 bits per heavy atom. The molecule has 7 heteroatoms. The second-order valence-electron chi connectivity index (χ2n) is 7.00. The van der Waals surface area contributed by atoms with Crippen LogP contribution in [0, 0.1) is 6.92 Å². The van der Waals surface area contributed by atoms with Gasteiger partial charge in [0.05, 0.1) is 5.70 Å². The summed E-state index contributed by atoms with van der Waals surface area (Å²) in [6.45, 7) is 4.01. The highest BCUT2D eigenvalue weighted by atomic mass is 19.4. The fraction of sp³-hybridized carbons (Fsp3) is 0.300. The van der Waals surface area contributed by atoms with E-state index in [4.69, 9.17) is 0 Å². The highest BCUT2D eigenvalue weighted by Crippen LogP contribution is 2.42. The Kier molecular flexibility index (Phi) is 3.98. The van der Waals surface area contributed by atoms with Crippen molar-refractivity contribution in [3.8, 4) is 0 Å². The Morgan fingerprint density at radius 1 is 1.11 bits per heavy atom. The zero-order valence-electron chi connectivity index (χ0n) is 14.8. The molecule has 2 aliphatic rings. The molecule has 4 nitrogen and oxygen atoms in total. The largest absolute Gasteiger partial charge is 0.433 e. The molecule has 0 aliphatic carbocycles. The summed E-state index contributed by atoms with van der Waals surface area (Å²) >= 11 is 0. The third kappa shape index (κ3) is 2.97. The number of aryl methyl sites for hydroxylation is 1. The molecule has 0 spiro atoms. The Hall–Kier alpha value is -2.83. The van der Waals surface area contributed by atoms with Crippen LogP contribution in [-0.2, 0) is 11.0 Å². The lowest BCUT2D eigenvalue weighted by molar-refractivity contribution is -0.143. The van der Waals surface area contributed by atoms with Crippen molar-refractivity contribution in [2.75, 3.05) is 0 Å². The normalized spacial score (nSPS) is 24.6. The molecular weight excluding hydrogens is 355 g/mol. The zero-order chi connectivity index (χ0) is 19.3. The van der Waals surface area contributed by atoms with Crippen LogP contribution in [0.2, 0.25) is 0 Å². The van der Waals surface area contributed by atoms with Gasteiger partial charge >= 0.3 is 6.18 Å².